The minimum Gasteiger partial charge on any atom is -0.310 e. The van der Waals surface area contributed by atoms with E-state index in [0.717, 1.165) is 41.8 Å². The summed E-state index contributed by atoms with van der Waals surface area (Å²) in [5, 5.41) is 0. The van der Waals surface area contributed by atoms with Gasteiger partial charge in [0.25, 0.3) is 5.56 Å². The highest BCUT2D eigenvalue weighted by Crippen LogP contribution is 2.22. The van der Waals surface area contributed by atoms with E-state index in [1.807, 2.05) is 6.07 Å². The van der Waals surface area contributed by atoms with Crippen LogP contribution in [0, 0.1) is 5.82 Å². The van der Waals surface area contributed by atoms with E-state index in [-0.39, 0.29) is 11.4 Å². The lowest BCUT2D eigenvalue weighted by molar-refractivity contribution is 0.624. The molecule has 0 unspecified atom stereocenters. The molecule has 0 bridgehead atoms. The zero-order valence-electron chi connectivity index (χ0n) is 11.0. The van der Waals surface area contributed by atoms with Crippen LogP contribution in [-0.4, -0.2) is 9.97 Å². The third-order valence-corrected chi connectivity index (χ3v) is 4.42. The number of thioether (sulfide) groups is 1. The molecule has 1 N–H and O–H groups in total. The van der Waals surface area contributed by atoms with E-state index in [1.54, 1.807) is 6.07 Å². The monoisotopic (exact) mass is 290 g/mol. The topological polar surface area (TPSA) is 45.8 Å². The van der Waals surface area contributed by atoms with Crippen molar-refractivity contribution in [2.45, 2.75) is 36.3 Å². The summed E-state index contributed by atoms with van der Waals surface area (Å²) in [5.74, 6) is 0.971. The van der Waals surface area contributed by atoms with E-state index in [2.05, 4.69) is 9.97 Å². The van der Waals surface area contributed by atoms with Gasteiger partial charge in [-0.15, -0.1) is 11.8 Å². The molecule has 20 heavy (non-hydrogen) atoms. The first-order valence-electron chi connectivity index (χ1n) is 6.72. The predicted molar refractivity (Wildman–Crippen MR) is 77.5 cm³/mol. The van der Waals surface area contributed by atoms with Gasteiger partial charge in [-0.3, -0.25) is 4.79 Å². The number of halogens is 1. The van der Waals surface area contributed by atoms with Crippen LogP contribution in [0.25, 0.3) is 0 Å². The second kappa shape index (κ2) is 5.79. The Morgan fingerprint density at radius 2 is 2.15 bits per heavy atom. The lowest BCUT2D eigenvalue weighted by Crippen LogP contribution is -2.22. The van der Waals surface area contributed by atoms with E-state index >= 15 is 0 Å². The molecule has 2 aromatic rings. The Morgan fingerprint density at radius 1 is 1.30 bits per heavy atom. The molecule has 1 aliphatic rings. The predicted octanol–water partition coefficient (Wildman–Crippen LogP) is 3.08. The van der Waals surface area contributed by atoms with Gasteiger partial charge in [-0.1, -0.05) is 6.07 Å². The number of hydrogen-bond acceptors (Lipinski definition) is 3. The largest absolute Gasteiger partial charge is 0.310 e. The Kier molecular flexibility index (Phi) is 3.87. The highest BCUT2D eigenvalue weighted by atomic mass is 32.2. The quantitative estimate of drug-likeness (QED) is 0.884. The Bertz CT molecular complexity index is 684. The minimum absolute atomic E-state index is 0.00968. The third kappa shape index (κ3) is 2.93. The highest BCUT2D eigenvalue weighted by molar-refractivity contribution is 7.98. The summed E-state index contributed by atoms with van der Waals surface area (Å²) in [6.45, 7) is 0. The van der Waals surface area contributed by atoms with E-state index in [0.29, 0.717) is 11.6 Å². The van der Waals surface area contributed by atoms with Crippen molar-refractivity contribution in [1.29, 1.82) is 0 Å². The van der Waals surface area contributed by atoms with E-state index in [1.165, 1.54) is 23.9 Å². The van der Waals surface area contributed by atoms with Gasteiger partial charge in [-0.2, -0.15) is 0 Å². The molecule has 0 saturated heterocycles. The fourth-order valence-corrected chi connectivity index (χ4v) is 3.24. The summed E-state index contributed by atoms with van der Waals surface area (Å²) < 4.78 is 13.1. The van der Waals surface area contributed by atoms with Crippen LogP contribution in [0.15, 0.2) is 34.0 Å². The van der Waals surface area contributed by atoms with Gasteiger partial charge in [-0.05, 0) is 43.9 Å². The van der Waals surface area contributed by atoms with Crippen molar-refractivity contribution in [1.82, 2.24) is 9.97 Å². The van der Waals surface area contributed by atoms with Gasteiger partial charge >= 0.3 is 0 Å². The number of hydrogen-bond donors (Lipinski definition) is 1. The molecule has 0 aliphatic heterocycles. The summed E-state index contributed by atoms with van der Waals surface area (Å²) in [5.41, 5.74) is 1.77. The van der Waals surface area contributed by atoms with Crippen LogP contribution in [0.3, 0.4) is 0 Å². The fraction of sp³-hybridized carbons (Fsp3) is 0.333. The number of rotatable bonds is 3. The van der Waals surface area contributed by atoms with Gasteiger partial charge in [0.05, 0.1) is 11.4 Å². The molecule has 0 radical (unpaired) electrons. The van der Waals surface area contributed by atoms with Crippen molar-refractivity contribution in [3.05, 3.63) is 57.5 Å². The number of nitrogens with zero attached hydrogens (tertiary/aromatic N) is 1. The number of nitrogens with one attached hydrogen (secondary N) is 1. The Labute approximate surface area is 120 Å². The molecule has 0 fully saturated rings. The standard InChI is InChI=1S/C15H15FN2OS/c16-10-4-3-5-11(8-10)20-9-14-17-13-7-2-1-6-12(13)15(19)18-14/h3-5,8H,1-2,6-7,9H2,(H,17,18,19). The first kappa shape index (κ1) is 13.4. The highest BCUT2D eigenvalue weighted by Gasteiger charge is 2.15. The van der Waals surface area contributed by atoms with Crippen molar-refractivity contribution in [3.8, 4) is 0 Å². The minimum atomic E-state index is -0.248. The van der Waals surface area contributed by atoms with Gasteiger partial charge < -0.3 is 4.98 Å². The second-order valence-electron chi connectivity index (χ2n) is 4.89. The summed E-state index contributed by atoms with van der Waals surface area (Å²) in [7, 11) is 0. The average molecular weight is 290 g/mol. The Morgan fingerprint density at radius 3 is 3.00 bits per heavy atom. The van der Waals surface area contributed by atoms with Crippen molar-refractivity contribution >= 4 is 11.8 Å². The molecule has 1 aromatic heterocycles. The average Bonchev–Trinajstić information content (AvgIpc) is 2.45. The van der Waals surface area contributed by atoms with Gasteiger partial charge in [0.15, 0.2) is 0 Å². The maximum atomic E-state index is 13.1. The molecule has 3 nitrogen and oxygen atoms in total. The summed E-state index contributed by atoms with van der Waals surface area (Å²) >= 11 is 1.47. The van der Waals surface area contributed by atoms with Crippen LogP contribution in [0.2, 0.25) is 0 Å². The molecule has 1 heterocycles. The molecule has 3 rings (SSSR count). The van der Waals surface area contributed by atoms with Crippen LogP contribution in [-0.2, 0) is 18.6 Å². The maximum Gasteiger partial charge on any atom is 0.254 e. The van der Waals surface area contributed by atoms with Gasteiger partial charge in [0.2, 0.25) is 0 Å². The summed E-state index contributed by atoms with van der Waals surface area (Å²) in [6.07, 6.45) is 3.88. The van der Waals surface area contributed by atoms with Crippen molar-refractivity contribution in [2.75, 3.05) is 0 Å². The lowest BCUT2D eigenvalue weighted by Gasteiger charge is -2.14. The zero-order chi connectivity index (χ0) is 13.9. The molecule has 104 valence electrons. The number of aryl methyl sites for hydroxylation is 1. The van der Waals surface area contributed by atoms with Crippen molar-refractivity contribution in [3.63, 3.8) is 0 Å². The number of fused-ring (bicyclic) bond motifs is 1. The van der Waals surface area contributed by atoms with Crippen molar-refractivity contribution < 1.29 is 4.39 Å². The first-order valence-corrected chi connectivity index (χ1v) is 7.70. The normalized spacial score (nSPS) is 14.1. The maximum absolute atomic E-state index is 13.1. The molecule has 1 aromatic carbocycles. The summed E-state index contributed by atoms with van der Waals surface area (Å²) in [4.78, 5) is 20.2. The molecular weight excluding hydrogens is 275 g/mol. The molecule has 0 saturated carbocycles. The van der Waals surface area contributed by atoms with Crippen LogP contribution in [0.1, 0.15) is 29.9 Å². The lowest BCUT2D eigenvalue weighted by atomic mass is 9.97. The van der Waals surface area contributed by atoms with Gasteiger partial charge in [-0.25, -0.2) is 9.37 Å². The molecular formula is C15H15FN2OS. The van der Waals surface area contributed by atoms with E-state index in [9.17, 15) is 9.18 Å². The van der Waals surface area contributed by atoms with E-state index in [4.69, 9.17) is 0 Å². The van der Waals surface area contributed by atoms with Gasteiger partial charge in [0.1, 0.15) is 11.6 Å². The first-order chi connectivity index (χ1) is 9.72. The number of benzene rings is 1. The zero-order valence-corrected chi connectivity index (χ0v) is 11.8. The smallest absolute Gasteiger partial charge is 0.254 e. The second-order valence-corrected chi connectivity index (χ2v) is 5.94. The van der Waals surface area contributed by atoms with Crippen LogP contribution in [0.4, 0.5) is 4.39 Å². The molecule has 1 aliphatic carbocycles. The number of aromatic amines is 1. The molecule has 0 amide bonds. The molecule has 0 atom stereocenters. The molecule has 0 spiro atoms. The van der Waals surface area contributed by atoms with Crippen LogP contribution in [0.5, 0.6) is 0 Å². The van der Waals surface area contributed by atoms with Crippen LogP contribution < -0.4 is 5.56 Å². The van der Waals surface area contributed by atoms with Gasteiger partial charge in [0, 0.05) is 10.5 Å². The number of aromatic nitrogens is 2. The Hall–Kier alpha value is -1.62. The van der Waals surface area contributed by atoms with Crippen LogP contribution >= 0.6 is 11.8 Å². The SMILES string of the molecule is O=c1[nH]c(CSc2cccc(F)c2)nc2c1CCCC2. The third-order valence-electron chi connectivity index (χ3n) is 3.41. The van der Waals surface area contributed by atoms with Crippen molar-refractivity contribution in [2.24, 2.45) is 0 Å². The van der Waals surface area contributed by atoms with E-state index < -0.39 is 0 Å². The summed E-state index contributed by atoms with van der Waals surface area (Å²) in [6, 6.07) is 6.44. The molecule has 5 heteroatoms. The Balaban J connectivity index is 1.78. The number of H-pyrrole nitrogens is 1. The fourth-order valence-electron chi connectivity index (χ4n) is 2.43.